The minimum atomic E-state index is -0.707. The number of hydrogen-bond donors (Lipinski definition) is 0. The molecule has 0 fully saturated rings. The maximum Gasteiger partial charge on any atom is 0.137 e. The van der Waals surface area contributed by atoms with Crippen molar-refractivity contribution in [2.45, 2.75) is 24.8 Å². The SMILES string of the molecule is N#CC(CCc1ccc(Cl)c(Cl)c1)(Cn1cncn1)c1ccccc1. The van der Waals surface area contributed by atoms with E-state index in [-0.39, 0.29) is 0 Å². The Labute approximate surface area is 156 Å². The van der Waals surface area contributed by atoms with E-state index in [9.17, 15) is 5.26 Å². The highest BCUT2D eigenvalue weighted by atomic mass is 35.5. The molecule has 1 atom stereocenters. The zero-order chi connectivity index (χ0) is 17.7. The monoisotopic (exact) mass is 370 g/mol. The summed E-state index contributed by atoms with van der Waals surface area (Å²) in [6, 6.07) is 17.9. The van der Waals surface area contributed by atoms with Crippen LogP contribution in [0.4, 0.5) is 0 Å². The molecular formula is C19H16Cl2N4. The first-order chi connectivity index (χ1) is 12.1. The Morgan fingerprint density at radius 2 is 1.88 bits per heavy atom. The quantitative estimate of drug-likeness (QED) is 0.632. The molecule has 6 heteroatoms. The van der Waals surface area contributed by atoms with Crippen LogP contribution in [0.3, 0.4) is 0 Å². The Hall–Kier alpha value is -2.35. The minimum absolute atomic E-state index is 0.439. The number of nitrogens with zero attached hydrogens (tertiary/aromatic N) is 4. The predicted molar refractivity (Wildman–Crippen MR) is 98.5 cm³/mol. The summed E-state index contributed by atoms with van der Waals surface area (Å²) in [7, 11) is 0. The molecule has 3 aromatic rings. The average Bonchev–Trinajstić information content (AvgIpc) is 3.15. The van der Waals surface area contributed by atoms with Crippen LogP contribution in [0, 0.1) is 11.3 Å². The molecule has 0 aliphatic rings. The van der Waals surface area contributed by atoms with Gasteiger partial charge in [-0.2, -0.15) is 10.4 Å². The molecule has 0 radical (unpaired) electrons. The van der Waals surface area contributed by atoms with Gasteiger partial charge in [-0.15, -0.1) is 0 Å². The number of nitriles is 1. The summed E-state index contributed by atoms with van der Waals surface area (Å²) in [6.07, 6.45) is 4.44. The second-order valence-corrected chi connectivity index (χ2v) is 6.72. The Morgan fingerprint density at radius 3 is 2.52 bits per heavy atom. The Balaban J connectivity index is 1.90. The predicted octanol–water partition coefficient (Wildman–Crippen LogP) is 4.68. The standard InChI is InChI=1S/C19H16Cl2N4/c20-17-7-6-15(10-18(17)21)8-9-19(11-22,12-25-14-23-13-24-25)16-4-2-1-3-5-16/h1-7,10,13-14H,8-9,12H2. The van der Waals surface area contributed by atoms with E-state index in [1.165, 1.54) is 6.33 Å². The van der Waals surface area contributed by atoms with Crippen LogP contribution >= 0.6 is 23.2 Å². The number of aryl methyl sites for hydroxylation is 1. The largest absolute Gasteiger partial charge is 0.251 e. The van der Waals surface area contributed by atoms with Crippen LogP contribution in [-0.4, -0.2) is 14.8 Å². The highest BCUT2D eigenvalue weighted by Gasteiger charge is 2.33. The molecule has 4 nitrogen and oxygen atoms in total. The van der Waals surface area contributed by atoms with Gasteiger partial charge < -0.3 is 0 Å². The first-order valence-corrected chi connectivity index (χ1v) is 8.62. The lowest BCUT2D eigenvalue weighted by Crippen LogP contribution is -2.31. The van der Waals surface area contributed by atoms with Crippen LogP contribution in [0.2, 0.25) is 10.0 Å². The molecule has 25 heavy (non-hydrogen) atoms. The van der Waals surface area contributed by atoms with Gasteiger partial charge in [0.1, 0.15) is 18.1 Å². The summed E-state index contributed by atoms with van der Waals surface area (Å²) in [5, 5.41) is 15.3. The van der Waals surface area contributed by atoms with Gasteiger partial charge >= 0.3 is 0 Å². The molecule has 3 rings (SSSR count). The topological polar surface area (TPSA) is 54.5 Å². The summed E-state index contributed by atoms with van der Waals surface area (Å²) in [5.74, 6) is 0. The van der Waals surface area contributed by atoms with Crippen molar-refractivity contribution in [3.8, 4) is 6.07 Å². The lowest BCUT2D eigenvalue weighted by atomic mass is 9.77. The smallest absolute Gasteiger partial charge is 0.137 e. The third-order valence-corrected chi connectivity index (χ3v) is 5.00. The van der Waals surface area contributed by atoms with Crippen molar-refractivity contribution in [2.24, 2.45) is 0 Å². The summed E-state index contributed by atoms with van der Waals surface area (Å²) in [6.45, 7) is 0.439. The number of aromatic nitrogens is 3. The van der Waals surface area contributed by atoms with E-state index in [1.807, 2.05) is 42.5 Å². The Morgan fingerprint density at radius 1 is 1.08 bits per heavy atom. The van der Waals surface area contributed by atoms with E-state index in [0.29, 0.717) is 29.4 Å². The number of hydrogen-bond acceptors (Lipinski definition) is 3. The van der Waals surface area contributed by atoms with Gasteiger partial charge in [-0.05, 0) is 36.1 Å². The maximum atomic E-state index is 10.0. The molecule has 0 saturated heterocycles. The fourth-order valence-corrected chi connectivity index (χ4v) is 3.19. The van der Waals surface area contributed by atoms with Crippen LogP contribution in [-0.2, 0) is 18.4 Å². The fourth-order valence-electron chi connectivity index (χ4n) is 2.87. The van der Waals surface area contributed by atoms with Crippen LogP contribution in [0.5, 0.6) is 0 Å². The van der Waals surface area contributed by atoms with E-state index in [1.54, 1.807) is 17.1 Å². The van der Waals surface area contributed by atoms with E-state index < -0.39 is 5.41 Å². The van der Waals surface area contributed by atoms with Crippen molar-refractivity contribution in [3.05, 3.63) is 82.4 Å². The molecule has 1 unspecified atom stereocenters. The van der Waals surface area contributed by atoms with Gasteiger partial charge in [-0.3, -0.25) is 4.68 Å². The van der Waals surface area contributed by atoms with E-state index >= 15 is 0 Å². The van der Waals surface area contributed by atoms with Crippen LogP contribution in [0.15, 0.2) is 61.2 Å². The zero-order valence-electron chi connectivity index (χ0n) is 13.4. The Bertz CT molecular complexity index is 872. The first kappa shape index (κ1) is 17.5. The van der Waals surface area contributed by atoms with Gasteiger partial charge in [0.05, 0.1) is 22.7 Å². The molecule has 1 heterocycles. The molecule has 0 spiro atoms. The Kier molecular flexibility index (Phi) is 5.37. The van der Waals surface area contributed by atoms with E-state index in [0.717, 1.165) is 11.1 Å². The van der Waals surface area contributed by atoms with Gasteiger partial charge in [0, 0.05) is 0 Å². The van der Waals surface area contributed by atoms with Crippen LogP contribution < -0.4 is 0 Å². The molecular weight excluding hydrogens is 355 g/mol. The van der Waals surface area contributed by atoms with Crippen molar-refractivity contribution in [2.75, 3.05) is 0 Å². The highest BCUT2D eigenvalue weighted by molar-refractivity contribution is 6.42. The molecule has 126 valence electrons. The van der Waals surface area contributed by atoms with Crippen molar-refractivity contribution >= 4 is 23.2 Å². The molecule has 0 aliphatic heterocycles. The van der Waals surface area contributed by atoms with Crippen LogP contribution in [0.25, 0.3) is 0 Å². The van der Waals surface area contributed by atoms with Crippen molar-refractivity contribution in [1.82, 2.24) is 14.8 Å². The fraction of sp³-hybridized carbons (Fsp3) is 0.211. The zero-order valence-corrected chi connectivity index (χ0v) is 15.0. The minimum Gasteiger partial charge on any atom is -0.251 e. The average molecular weight is 371 g/mol. The van der Waals surface area contributed by atoms with Gasteiger partial charge in [-0.1, -0.05) is 59.6 Å². The number of halogens is 2. The lowest BCUT2D eigenvalue weighted by Gasteiger charge is -2.27. The highest BCUT2D eigenvalue weighted by Crippen LogP contribution is 2.32. The molecule has 2 aromatic carbocycles. The normalized spacial score (nSPS) is 13.2. The molecule has 0 bridgehead atoms. The summed E-state index contributed by atoms with van der Waals surface area (Å²) < 4.78 is 1.70. The molecule has 0 aliphatic carbocycles. The third-order valence-electron chi connectivity index (χ3n) is 4.26. The first-order valence-electron chi connectivity index (χ1n) is 7.86. The van der Waals surface area contributed by atoms with Crippen molar-refractivity contribution < 1.29 is 0 Å². The van der Waals surface area contributed by atoms with Gasteiger partial charge in [0.25, 0.3) is 0 Å². The molecule has 0 amide bonds. The van der Waals surface area contributed by atoms with Gasteiger partial charge in [-0.25, -0.2) is 4.98 Å². The van der Waals surface area contributed by atoms with E-state index in [4.69, 9.17) is 23.2 Å². The lowest BCUT2D eigenvalue weighted by molar-refractivity contribution is 0.402. The second kappa shape index (κ2) is 7.69. The van der Waals surface area contributed by atoms with Crippen molar-refractivity contribution in [3.63, 3.8) is 0 Å². The second-order valence-electron chi connectivity index (χ2n) is 5.90. The number of benzene rings is 2. The van der Waals surface area contributed by atoms with Gasteiger partial charge in [0.2, 0.25) is 0 Å². The maximum absolute atomic E-state index is 10.0. The molecule has 0 saturated carbocycles. The summed E-state index contributed by atoms with van der Waals surface area (Å²) in [5.41, 5.74) is 1.30. The molecule has 0 N–H and O–H groups in total. The molecule has 1 aromatic heterocycles. The third kappa shape index (κ3) is 4.01. The van der Waals surface area contributed by atoms with Crippen molar-refractivity contribution in [1.29, 1.82) is 5.26 Å². The number of rotatable bonds is 6. The summed E-state index contributed by atoms with van der Waals surface area (Å²) >= 11 is 12.1. The summed E-state index contributed by atoms with van der Waals surface area (Å²) in [4.78, 5) is 3.98. The van der Waals surface area contributed by atoms with Crippen LogP contribution in [0.1, 0.15) is 17.5 Å². The van der Waals surface area contributed by atoms with Gasteiger partial charge in [0.15, 0.2) is 0 Å². The van der Waals surface area contributed by atoms with E-state index in [2.05, 4.69) is 16.2 Å².